The van der Waals surface area contributed by atoms with Gasteiger partial charge in [-0.2, -0.15) is 9.97 Å². The van der Waals surface area contributed by atoms with E-state index in [4.69, 9.17) is 29.2 Å². The van der Waals surface area contributed by atoms with Gasteiger partial charge in [0.15, 0.2) is 28.5 Å². The number of anilines is 2. The van der Waals surface area contributed by atoms with Crippen molar-refractivity contribution in [2.75, 3.05) is 95.7 Å². The molecule has 0 bridgehead atoms. The van der Waals surface area contributed by atoms with E-state index in [9.17, 15) is 4.79 Å². The molecule has 42 heavy (non-hydrogen) atoms. The molecule has 0 atom stereocenters. The molecule has 3 aromatic rings. The number of hydrogen-bond acceptors (Lipinski definition) is 11. The summed E-state index contributed by atoms with van der Waals surface area (Å²) in [6, 6.07) is 6.19. The molecule has 3 fully saturated rings. The van der Waals surface area contributed by atoms with Crippen molar-refractivity contribution in [2.24, 2.45) is 0 Å². The average Bonchev–Trinajstić information content (AvgIpc) is 3.76. The summed E-state index contributed by atoms with van der Waals surface area (Å²) >= 11 is 0. The smallest absolute Gasteiger partial charge is 0.231 e. The Morgan fingerprint density at radius 1 is 0.881 bits per heavy atom. The van der Waals surface area contributed by atoms with Gasteiger partial charge in [0, 0.05) is 85.0 Å². The van der Waals surface area contributed by atoms with Crippen LogP contribution in [-0.4, -0.2) is 126 Å². The van der Waals surface area contributed by atoms with Crippen LogP contribution in [0.2, 0.25) is 0 Å². The van der Waals surface area contributed by atoms with Crippen LogP contribution in [0.25, 0.3) is 11.2 Å². The summed E-state index contributed by atoms with van der Waals surface area (Å²) in [6.07, 6.45) is 3.42. The Kier molecular flexibility index (Phi) is 7.94. The molecule has 2 aromatic heterocycles. The zero-order valence-electron chi connectivity index (χ0n) is 24.0. The summed E-state index contributed by atoms with van der Waals surface area (Å²) < 4.78 is 18.6. The number of piperazine rings is 1. The number of carbonyl (C=O) groups is 1. The molecule has 6 heterocycles. The number of ether oxygens (including phenoxy) is 3. The van der Waals surface area contributed by atoms with Gasteiger partial charge in [-0.15, -0.1) is 0 Å². The minimum absolute atomic E-state index is 0.235. The van der Waals surface area contributed by atoms with E-state index < -0.39 is 0 Å². The second-order valence-corrected chi connectivity index (χ2v) is 11.3. The first-order chi connectivity index (χ1) is 20.7. The number of hydrogen-bond donors (Lipinski definition) is 1. The lowest BCUT2D eigenvalue weighted by Crippen LogP contribution is -2.46. The van der Waals surface area contributed by atoms with Crippen molar-refractivity contribution in [1.82, 2.24) is 34.2 Å². The predicted octanol–water partition coefficient (Wildman–Crippen LogP) is 1.24. The summed E-state index contributed by atoms with van der Waals surface area (Å²) in [4.78, 5) is 36.0. The van der Waals surface area contributed by atoms with E-state index in [2.05, 4.69) is 36.7 Å². The third kappa shape index (κ3) is 5.94. The van der Waals surface area contributed by atoms with Crippen molar-refractivity contribution in [2.45, 2.75) is 25.9 Å². The number of nitrogens with zero attached hydrogens (tertiary/aromatic N) is 8. The SMILES string of the molecule is O=C1CCCN1CCn1cnc2c(NCCN3CCOCC3)nc(N3CCN(Cc4ccc5c(c4)OCO5)CC3)nc21. The van der Waals surface area contributed by atoms with Crippen LogP contribution in [0.15, 0.2) is 24.5 Å². The van der Waals surface area contributed by atoms with Crippen LogP contribution in [0.5, 0.6) is 11.5 Å². The summed E-state index contributed by atoms with van der Waals surface area (Å²) in [7, 11) is 0. The van der Waals surface area contributed by atoms with E-state index in [0.29, 0.717) is 26.3 Å². The fourth-order valence-electron chi connectivity index (χ4n) is 6.09. The molecule has 13 heteroatoms. The standard InChI is InChI=1S/C29H39N9O4/c39-25-2-1-6-36(25)12-13-38-20-31-26-27(30-5-7-34-14-16-40-17-15-34)32-29(33-28(26)38)37-10-8-35(9-11-37)19-22-3-4-23-24(18-22)42-21-41-23/h3-4,18,20H,1-2,5-17,19,21H2,(H,30,32,33). The molecule has 224 valence electrons. The third-order valence-electron chi connectivity index (χ3n) is 8.56. The topological polar surface area (TPSA) is 113 Å². The molecular formula is C29H39N9O4. The molecule has 0 saturated carbocycles. The van der Waals surface area contributed by atoms with Gasteiger partial charge in [0.25, 0.3) is 0 Å². The number of fused-ring (bicyclic) bond motifs is 2. The largest absolute Gasteiger partial charge is 0.454 e. The minimum atomic E-state index is 0.235. The molecule has 1 amide bonds. The van der Waals surface area contributed by atoms with E-state index in [1.54, 1.807) is 0 Å². The van der Waals surface area contributed by atoms with Crippen LogP contribution in [-0.2, 0) is 22.6 Å². The van der Waals surface area contributed by atoms with Gasteiger partial charge in [0.2, 0.25) is 18.6 Å². The Hall–Kier alpha value is -3.68. The Labute approximate surface area is 245 Å². The first-order valence-corrected chi connectivity index (χ1v) is 15.1. The Balaban J connectivity index is 1.05. The van der Waals surface area contributed by atoms with Crippen LogP contribution in [0.1, 0.15) is 18.4 Å². The highest BCUT2D eigenvalue weighted by Crippen LogP contribution is 2.33. The van der Waals surface area contributed by atoms with Crippen LogP contribution < -0.4 is 19.7 Å². The number of imidazole rings is 1. The quantitative estimate of drug-likeness (QED) is 0.376. The molecule has 4 aliphatic rings. The molecule has 7 rings (SSSR count). The van der Waals surface area contributed by atoms with E-state index in [1.807, 2.05) is 17.3 Å². The first kappa shape index (κ1) is 27.2. The van der Waals surface area contributed by atoms with E-state index >= 15 is 0 Å². The number of rotatable bonds is 10. The highest BCUT2D eigenvalue weighted by atomic mass is 16.7. The fourth-order valence-corrected chi connectivity index (χ4v) is 6.09. The van der Waals surface area contributed by atoms with Gasteiger partial charge in [-0.25, -0.2) is 4.98 Å². The van der Waals surface area contributed by atoms with Crippen molar-refractivity contribution in [3.05, 3.63) is 30.1 Å². The summed E-state index contributed by atoms with van der Waals surface area (Å²) in [5.74, 6) is 3.36. The number of carbonyl (C=O) groups excluding carboxylic acids is 1. The lowest BCUT2D eigenvalue weighted by atomic mass is 10.1. The van der Waals surface area contributed by atoms with Gasteiger partial charge in [-0.3, -0.25) is 14.6 Å². The molecule has 0 radical (unpaired) electrons. The minimum Gasteiger partial charge on any atom is -0.454 e. The van der Waals surface area contributed by atoms with Crippen LogP contribution in [0, 0.1) is 0 Å². The maximum atomic E-state index is 12.2. The lowest BCUT2D eigenvalue weighted by molar-refractivity contribution is -0.127. The Bertz CT molecular complexity index is 1400. The second-order valence-electron chi connectivity index (χ2n) is 11.3. The van der Waals surface area contributed by atoms with Crippen molar-refractivity contribution < 1.29 is 19.0 Å². The molecule has 1 aromatic carbocycles. The fraction of sp³-hybridized carbons (Fsp3) is 0.586. The number of likely N-dealkylation sites (tertiary alicyclic amines) is 1. The molecule has 0 aliphatic carbocycles. The van der Waals surface area contributed by atoms with Crippen molar-refractivity contribution in [1.29, 1.82) is 0 Å². The maximum absolute atomic E-state index is 12.2. The van der Waals surface area contributed by atoms with Crippen LogP contribution >= 0.6 is 0 Å². The maximum Gasteiger partial charge on any atom is 0.231 e. The van der Waals surface area contributed by atoms with Gasteiger partial charge in [0.1, 0.15) is 0 Å². The Morgan fingerprint density at radius 3 is 2.57 bits per heavy atom. The van der Waals surface area contributed by atoms with Gasteiger partial charge < -0.3 is 33.9 Å². The lowest BCUT2D eigenvalue weighted by Gasteiger charge is -2.35. The molecule has 0 unspecified atom stereocenters. The van der Waals surface area contributed by atoms with E-state index in [1.165, 1.54) is 5.56 Å². The number of aromatic nitrogens is 4. The molecule has 13 nitrogen and oxygen atoms in total. The summed E-state index contributed by atoms with van der Waals surface area (Å²) in [6.45, 7) is 12.0. The molecule has 1 N–H and O–H groups in total. The third-order valence-corrected chi connectivity index (χ3v) is 8.56. The average molecular weight is 578 g/mol. The molecule has 3 saturated heterocycles. The highest BCUT2D eigenvalue weighted by Gasteiger charge is 2.24. The van der Waals surface area contributed by atoms with Gasteiger partial charge in [-0.1, -0.05) is 6.07 Å². The first-order valence-electron chi connectivity index (χ1n) is 15.1. The van der Waals surface area contributed by atoms with E-state index in [-0.39, 0.29) is 5.91 Å². The zero-order valence-corrected chi connectivity index (χ0v) is 24.0. The Morgan fingerprint density at radius 2 is 1.74 bits per heavy atom. The molecular weight excluding hydrogens is 538 g/mol. The summed E-state index contributed by atoms with van der Waals surface area (Å²) in [5, 5.41) is 3.56. The molecule has 4 aliphatic heterocycles. The number of nitrogens with one attached hydrogen (secondary N) is 1. The van der Waals surface area contributed by atoms with Crippen LogP contribution in [0.3, 0.4) is 0 Å². The van der Waals surface area contributed by atoms with Gasteiger partial charge in [-0.05, 0) is 24.1 Å². The van der Waals surface area contributed by atoms with Crippen LogP contribution in [0.4, 0.5) is 11.8 Å². The second kappa shape index (κ2) is 12.3. The highest BCUT2D eigenvalue weighted by molar-refractivity contribution is 5.84. The number of benzene rings is 1. The monoisotopic (exact) mass is 577 g/mol. The van der Waals surface area contributed by atoms with Crippen molar-refractivity contribution in [3.8, 4) is 11.5 Å². The van der Waals surface area contributed by atoms with Crippen molar-refractivity contribution in [3.63, 3.8) is 0 Å². The zero-order chi connectivity index (χ0) is 28.3. The van der Waals surface area contributed by atoms with Gasteiger partial charge in [0.05, 0.1) is 19.5 Å². The van der Waals surface area contributed by atoms with E-state index in [0.717, 1.165) is 120 Å². The predicted molar refractivity (Wildman–Crippen MR) is 157 cm³/mol. The summed E-state index contributed by atoms with van der Waals surface area (Å²) in [5.41, 5.74) is 2.80. The van der Waals surface area contributed by atoms with Gasteiger partial charge >= 0.3 is 0 Å². The number of amides is 1. The van der Waals surface area contributed by atoms with Crippen molar-refractivity contribution >= 4 is 28.8 Å². The normalized spacial score (nSPS) is 19.8. The molecule has 0 spiro atoms. The number of morpholine rings is 1.